The van der Waals surface area contributed by atoms with E-state index in [-0.39, 0.29) is 5.69 Å². The van der Waals surface area contributed by atoms with Crippen LogP contribution in [0.4, 0.5) is 24.5 Å². The number of aromatic nitrogens is 1. The number of pyridine rings is 1. The molecule has 2 aromatic rings. The fraction of sp³-hybridized carbons (Fsp3) is 0. The maximum absolute atomic E-state index is 13.4. The molecule has 1 heterocycles. The fourth-order valence-corrected chi connectivity index (χ4v) is 2.57. The number of nitrogens with one attached hydrogen (secondary N) is 1. The van der Waals surface area contributed by atoms with Crippen LogP contribution >= 0.6 is 0 Å². The van der Waals surface area contributed by atoms with Gasteiger partial charge in [-0.05, 0) is 6.07 Å². The maximum atomic E-state index is 13.4. The lowest BCUT2D eigenvalue weighted by Crippen LogP contribution is -2.16. The molecule has 0 saturated heterocycles. The molecular weight excluding hydrogens is 295 g/mol. The largest absolute Gasteiger partial charge is 0.398 e. The Morgan fingerprint density at radius 1 is 1.20 bits per heavy atom. The van der Waals surface area contributed by atoms with Crippen molar-refractivity contribution in [2.75, 3.05) is 10.5 Å². The Balaban J connectivity index is 2.47. The highest BCUT2D eigenvalue weighted by Gasteiger charge is 2.21. The van der Waals surface area contributed by atoms with Gasteiger partial charge in [-0.25, -0.2) is 21.6 Å². The lowest BCUT2D eigenvalue weighted by atomic mass is 10.3. The van der Waals surface area contributed by atoms with Gasteiger partial charge in [-0.15, -0.1) is 0 Å². The van der Waals surface area contributed by atoms with E-state index in [1.807, 2.05) is 0 Å². The van der Waals surface area contributed by atoms with Gasteiger partial charge < -0.3 is 5.73 Å². The summed E-state index contributed by atoms with van der Waals surface area (Å²) in [4.78, 5) is 3.14. The quantitative estimate of drug-likeness (QED) is 0.848. The van der Waals surface area contributed by atoms with E-state index in [9.17, 15) is 21.6 Å². The number of anilines is 2. The van der Waals surface area contributed by atoms with Crippen molar-refractivity contribution >= 4 is 21.4 Å². The summed E-state index contributed by atoms with van der Waals surface area (Å²) in [6.07, 6.45) is 2.20. The molecule has 0 atom stereocenters. The zero-order valence-electron chi connectivity index (χ0n) is 9.77. The molecule has 106 valence electrons. The third kappa shape index (κ3) is 2.67. The maximum Gasteiger partial charge on any atom is 0.265 e. The summed E-state index contributed by atoms with van der Waals surface area (Å²) in [5, 5.41) is 0. The van der Waals surface area contributed by atoms with E-state index in [0.717, 1.165) is 6.20 Å². The van der Waals surface area contributed by atoms with Gasteiger partial charge >= 0.3 is 0 Å². The normalized spacial score (nSPS) is 11.3. The fourth-order valence-electron chi connectivity index (χ4n) is 1.45. The number of halogens is 3. The molecular formula is C11H8F3N3O2S. The van der Waals surface area contributed by atoms with Crippen LogP contribution in [-0.4, -0.2) is 13.4 Å². The third-order valence-corrected chi connectivity index (χ3v) is 3.75. The molecule has 0 unspecified atom stereocenters. The molecule has 0 spiro atoms. The number of rotatable bonds is 3. The average Bonchev–Trinajstić information content (AvgIpc) is 2.35. The van der Waals surface area contributed by atoms with Gasteiger partial charge in [-0.3, -0.25) is 9.71 Å². The van der Waals surface area contributed by atoms with Gasteiger partial charge in [-0.1, -0.05) is 0 Å². The minimum absolute atomic E-state index is 0.134. The summed E-state index contributed by atoms with van der Waals surface area (Å²) < 4.78 is 65.0. The lowest BCUT2D eigenvalue weighted by Gasteiger charge is -2.10. The average molecular weight is 303 g/mol. The summed E-state index contributed by atoms with van der Waals surface area (Å²) in [5.41, 5.74) is 4.47. The Labute approximate surface area is 112 Å². The summed E-state index contributed by atoms with van der Waals surface area (Å²) >= 11 is 0. The molecule has 0 aliphatic rings. The molecule has 0 amide bonds. The molecule has 0 radical (unpaired) electrons. The topological polar surface area (TPSA) is 85.1 Å². The van der Waals surface area contributed by atoms with Crippen LogP contribution < -0.4 is 10.5 Å². The Bertz CT molecular complexity index is 766. The highest BCUT2D eigenvalue weighted by molar-refractivity contribution is 7.92. The molecule has 9 heteroatoms. The molecule has 5 nitrogen and oxygen atoms in total. The van der Waals surface area contributed by atoms with Gasteiger partial charge in [0.2, 0.25) is 0 Å². The van der Waals surface area contributed by atoms with E-state index in [1.54, 1.807) is 4.72 Å². The molecule has 1 aromatic heterocycles. The van der Waals surface area contributed by atoms with Gasteiger partial charge in [0.05, 0.1) is 11.4 Å². The second-order valence-electron chi connectivity index (χ2n) is 3.77. The van der Waals surface area contributed by atoms with Gasteiger partial charge in [-0.2, -0.15) is 0 Å². The molecule has 0 aliphatic carbocycles. The minimum atomic E-state index is -4.31. The monoisotopic (exact) mass is 303 g/mol. The van der Waals surface area contributed by atoms with Crippen LogP contribution in [0.1, 0.15) is 0 Å². The molecule has 0 fully saturated rings. The smallest absolute Gasteiger partial charge is 0.265 e. The molecule has 2 rings (SSSR count). The van der Waals surface area contributed by atoms with E-state index < -0.39 is 38.1 Å². The zero-order valence-corrected chi connectivity index (χ0v) is 10.6. The standard InChI is InChI=1S/C11H8F3N3O2S/c12-6-3-7(13)11(14)9(4-6)17-20(18,19)10-5-16-2-1-8(10)15/h1-5,17H,(H2,15,16). The molecule has 0 saturated carbocycles. The van der Waals surface area contributed by atoms with Crippen molar-refractivity contribution in [3.63, 3.8) is 0 Å². The number of nitrogen functional groups attached to an aromatic ring is 1. The van der Waals surface area contributed by atoms with E-state index >= 15 is 0 Å². The van der Waals surface area contributed by atoms with Gasteiger partial charge in [0.25, 0.3) is 10.0 Å². The number of nitrogens with two attached hydrogens (primary N) is 1. The zero-order chi connectivity index (χ0) is 14.9. The van der Waals surface area contributed by atoms with Gasteiger partial charge in [0, 0.05) is 24.5 Å². The Morgan fingerprint density at radius 3 is 2.55 bits per heavy atom. The SMILES string of the molecule is Nc1ccncc1S(=O)(=O)Nc1cc(F)cc(F)c1F. The number of hydrogen-bond donors (Lipinski definition) is 2. The Kier molecular flexibility index (Phi) is 3.53. The van der Waals surface area contributed by atoms with Gasteiger partial charge in [0.1, 0.15) is 10.7 Å². The molecule has 20 heavy (non-hydrogen) atoms. The second kappa shape index (κ2) is 5.00. The van der Waals surface area contributed by atoms with Crippen LogP contribution in [0.5, 0.6) is 0 Å². The number of benzene rings is 1. The number of sulfonamides is 1. The summed E-state index contributed by atoms with van der Waals surface area (Å²) in [7, 11) is -4.31. The first-order valence-corrected chi connectivity index (χ1v) is 6.66. The molecule has 3 N–H and O–H groups in total. The minimum Gasteiger partial charge on any atom is -0.398 e. The molecule has 0 bridgehead atoms. The van der Waals surface area contributed by atoms with Crippen LogP contribution in [0.15, 0.2) is 35.5 Å². The van der Waals surface area contributed by atoms with Crippen LogP contribution in [0.3, 0.4) is 0 Å². The van der Waals surface area contributed by atoms with Crippen molar-refractivity contribution in [2.45, 2.75) is 4.90 Å². The van der Waals surface area contributed by atoms with Crippen molar-refractivity contribution in [1.82, 2.24) is 4.98 Å². The highest BCUT2D eigenvalue weighted by atomic mass is 32.2. The van der Waals surface area contributed by atoms with E-state index in [2.05, 4.69) is 4.98 Å². The van der Waals surface area contributed by atoms with E-state index in [4.69, 9.17) is 5.73 Å². The van der Waals surface area contributed by atoms with Crippen LogP contribution in [0.2, 0.25) is 0 Å². The van der Waals surface area contributed by atoms with Crippen molar-refractivity contribution in [3.8, 4) is 0 Å². The van der Waals surface area contributed by atoms with Gasteiger partial charge in [0.15, 0.2) is 11.6 Å². The predicted molar refractivity (Wildman–Crippen MR) is 65.8 cm³/mol. The first kappa shape index (κ1) is 14.1. The summed E-state index contributed by atoms with van der Waals surface area (Å²) in [6, 6.07) is 2.03. The highest BCUT2D eigenvalue weighted by Crippen LogP contribution is 2.24. The lowest BCUT2D eigenvalue weighted by molar-refractivity contribution is 0.498. The molecule has 0 aliphatic heterocycles. The van der Waals surface area contributed by atoms with E-state index in [0.29, 0.717) is 12.1 Å². The molecule has 1 aromatic carbocycles. The third-order valence-electron chi connectivity index (χ3n) is 2.34. The predicted octanol–water partition coefficient (Wildman–Crippen LogP) is 1.88. The van der Waals surface area contributed by atoms with Crippen LogP contribution in [0.25, 0.3) is 0 Å². The van der Waals surface area contributed by atoms with Crippen LogP contribution in [0, 0.1) is 17.5 Å². The Hall–Kier alpha value is -2.29. The number of nitrogens with zero attached hydrogens (tertiary/aromatic N) is 1. The Morgan fingerprint density at radius 2 is 1.90 bits per heavy atom. The number of hydrogen-bond acceptors (Lipinski definition) is 4. The second-order valence-corrected chi connectivity index (χ2v) is 5.42. The summed E-state index contributed by atoms with van der Waals surface area (Å²) in [5.74, 6) is -4.15. The van der Waals surface area contributed by atoms with Crippen molar-refractivity contribution in [1.29, 1.82) is 0 Å². The van der Waals surface area contributed by atoms with Crippen LogP contribution in [-0.2, 0) is 10.0 Å². The first-order valence-electron chi connectivity index (χ1n) is 5.18. The van der Waals surface area contributed by atoms with Crippen molar-refractivity contribution < 1.29 is 21.6 Å². The van der Waals surface area contributed by atoms with Crippen molar-refractivity contribution in [2.24, 2.45) is 0 Å². The van der Waals surface area contributed by atoms with E-state index in [1.165, 1.54) is 12.3 Å². The first-order chi connectivity index (χ1) is 9.31. The summed E-state index contributed by atoms with van der Waals surface area (Å²) in [6.45, 7) is 0. The van der Waals surface area contributed by atoms with Crippen molar-refractivity contribution in [3.05, 3.63) is 48.0 Å².